The molecule has 90 valence electrons. The average Bonchev–Trinajstić information content (AvgIpc) is 2.17. The minimum Gasteiger partial charge on any atom is -0.369 e. The Kier molecular flexibility index (Phi) is 3.62. The van der Waals surface area contributed by atoms with E-state index in [4.69, 9.17) is 0 Å². The molecule has 1 fully saturated rings. The lowest BCUT2D eigenvalue weighted by Crippen LogP contribution is -2.44. The van der Waals surface area contributed by atoms with Crippen LogP contribution in [0.2, 0.25) is 0 Å². The van der Waals surface area contributed by atoms with E-state index < -0.39 is 34.0 Å². The zero-order valence-corrected chi connectivity index (χ0v) is 8.86. The molecule has 2 atom stereocenters. The highest BCUT2D eigenvalue weighted by Crippen LogP contribution is 2.31. The fourth-order valence-corrected chi connectivity index (χ4v) is 2.61. The van der Waals surface area contributed by atoms with Gasteiger partial charge < -0.3 is 4.74 Å². The molecule has 4 nitrogen and oxygen atoms in total. The summed E-state index contributed by atoms with van der Waals surface area (Å²) in [5.74, 6) is 0. The van der Waals surface area contributed by atoms with Crippen LogP contribution in [0.25, 0.3) is 0 Å². The number of alkyl halides is 3. The minimum atomic E-state index is -4.50. The van der Waals surface area contributed by atoms with Crippen LogP contribution in [0, 0.1) is 0 Å². The van der Waals surface area contributed by atoms with Gasteiger partial charge in [-0.1, -0.05) is 0 Å². The van der Waals surface area contributed by atoms with Gasteiger partial charge in [0, 0.05) is 13.0 Å². The standard InChI is InChI=1S/C7H12F3NO3S/c1-11-15(12,13)5-2-3-14-6(4-5)7(8,9)10/h5-6,11H,2-4H2,1H3. The Morgan fingerprint density at radius 2 is 2.00 bits per heavy atom. The Labute approximate surface area is 85.8 Å². The third-order valence-corrected chi connectivity index (χ3v) is 4.20. The van der Waals surface area contributed by atoms with Crippen molar-refractivity contribution in [3.05, 3.63) is 0 Å². The summed E-state index contributed by atoms with van der Waals surface area (Å²) in [6.07, 6.45) is -6.91. The quantitative estimate of drug-likeness (QED) is 0.779. The Morgan fingerprint density at radius 3 is 2.47 bits per heavy atom. The minimum absolute atomic E-state index is 0.0930. The highest BCUT2D eigenvalue weighted by molar-refractivity contribution is 7.90. The van der Waals surface area contributed by atoms with Crippen molar-refractivity contribution in [2.75, 3.05) is 13.7 Å². The van der Waals surface area contributed by atoms with E-state index in [2.05, 4.69) is 4.74 Å². The van der Waals surface area contributed by atoms with Crippen LogP contribution in [0.4, 0.5) is 13.2 Å². The van der Waals surface area contributed by atoms with E-state index >= 15 is 0 Å². The molecular formula is C7H12F3NO3S. The first-order chi connectivity index (χ1) is 6.77. The van der Waals surface area contributed by atoms with Gasteiger partial charge in [-0.2, -0.15) is 13.2 Å². The molecule has 0 aliphatic carbocycles. The molecule has 1 heterocycles. The first-order valence-electron chi connectivity index (χ1n) is 4.38. The number of hydrogen-bond donors (Lipinski definition) is 1. The van der Waals surface area contributed by atoms with E-state index in [1.54, 1.807) is 0 Å². The summed E-state index contributed by atoms with van der Waals surface area (Å²) in [7, 11) is -2.46. The van der Waals surface area contributed by atoms with Crippen molar-refractivity contribution in [1.29, 1.82) is 0 Å². The van der Waals surface area contributed by atoms with Gasteiger partial charge in [-0.15, -0.1) is 0 Å². The summed E-state index contributed by atoms with van der Waals surface area (Å²) in [6.45, 7) is -0.185. The van der Waals surface area contributed by atoms with Crippen LogP contribution >= 0.6 is 0 Å². The number of halogens is 3. The first-order valence-corrected chi connectivity index (χ1v) is 5.92. The van der Waals surface area contributed by atoms with Crippen molar-refractivity contribution in [2.24, 2.45) is 0 Å². The molecule has 0 aromatic heterocycles. The predicted molar refractivity (Wildman–Crippen MR) is 46.8 cm³/mol. The molecule has 0 aromatic carbocycles. The Morgan fingerprint density at radius 1 is 1.40 bits per heavy atom. The third kappa shape index (κ3) is 3.05. The summed E-state index contributed by atoms with van der Waals surface area (Å²) in [4.78, 5) is 0. The van der Waals surface area contributed by atoms with Crippen molar-refractivity contribution in [3.63, 3.8) is 0 Å². The van der Waals surface area contributed by atoms with Crippen LogP contribution in [-0.2, 0) is 14.8 Å². The summed E-state index contributed by atoms with van der Waals surface area (Å²) in [6, 6.07) is 0. The second-order valence-corrected chi connectivity index (χ2v) is 5.46. The lowest BCUT2D eigenvalue weighted by Gasteiger charge is -2.30. The second kappa shape index (κ2) is 4.26. The van der Waals surface area contributed by atoms with Gasteiger partial charge in [0.2, 0.25) is 10.0 Å². The normalized spacial score (nSPS) is 29.1. The molecule has 1 saturated heterocycles. The van der Waals surface area contributed by atoms with E-state index in [1.807, 2.05) is 4.72 Å². The van der Waals surface area contributed by atoms with Crippen LogP contribution < -0.4 is 4.72 Å². The van der Waals surface area contributed by atoms with Gasteiger partial charge in [-0.25, -0.2) is 13.1 Å². The molecule has 2 unspecified atom stereocenters. The van der Waals surface area contributed by atoms with Gasteiger partial charge in [-0.05, 0) is 13.5 Å². The molecule has 0 spiro atoms. The maximum atomic E-state index is 12.3. The Hall–Kier alpha value is -0.340. The molecule has 0 bridgehead atoms. The van der Waals surface area contributed by atoms with Gasteiger partial charge in [0.1, 0.15) is 0 Å². The Bertz CT molecular complexity index is 314. The molecule has 1 N–H and O–H groups in total. The van der Waals surface area contributed by atoms with E-state index in [9.17, 15) is 21.6 Å². The predicted octanol–water partition coefficient (Wildman–Crippen LogP) is 0.646. The van der Waals surface area contributed by atoms with Crippen LogP contribution in [0.5, 0.6) is 0 Å². The molecular weight excluding hydrogens is 235 g/mol. The van der Waals surface area contributed by atoms with Crippen molar-refractivity contribution < 1.29 is 26.3 Å². The van der Waals surface area contributed by atoms with Gasteiger partial charge in [0.25, 0.3) is 0 Å². The summed E-state index contributed by atoms with van der Waals surface area (Å²) in [5.41, 5.74) is 0. The smallest absolute Gasteiger partial charge is 0.369 e. The fraction of sp³-hybridized carbons (Fsp3) is 1.00. The van der Waals surface area contributed by atoms with Gasteiger partial charge >= 0.3 is 6.18 Å². The number of sulfonamides is 1. The van der Waals surface area contributed by atoms with Crippen LogP contribution in [-0.4, -0.2) is 39.6 Å². The lowest BCUT2D eigenvalue weighted by atomic mass is 10.1. The zero-order valence-electron chi connectivity index (χ0n) is 8.04. The largest absolute Gasteiger partial charge is 0.414 e. The summed E-state index contributed by atoms with van der Waals surface area (Å²) < 4.78 is 65.9. The van der Waals surface area contributed by atoms with Crippen molar-refractivity contribution in [3.8, 4) is 0 Å². The number of rotatable bonds is 2. The van der Waals surface area contributed by atoms with E-state index in [0.717, 1.165) is 0 Å². The van der Waals surface area contributed by atoms with Crippen molar-refractivity contribution in [2.45, 2.75) is 30.4 Å². The SMILES string of the molecule is CNS(=O)(=O)C1CCOC(C(F)(F)F)C1. The molecule has 1 rings (SSSR count). The maximum Gasteiger partial charge on any atom is 0.414 e. The molecule has 0 aromatic rings. The molecule has 1 aliphatic rings. The van der Waals surface area contributed by atoms with E-state index in [1.165, 1.54) is 7.05 Å². The second-order valence-electron chi connectivity index (χ2n) is 3.30. The van der Waals surface area contributed by atoms with Crippen LogP contribution in [0.3, 0.4) is 0 Å². The van der Waals surface area contributed by atoms with Gasteiger partial charge in [-0.3, -0.25) is 0 Å². The molecule has 1 aliphatic heterocycles. The van der Waals surface area contributed by atoms with E-state index in [-0.39, 0.29) is 13.0 Å². The molecule has 15 heavy (non-hydrogen) atoms. The topological polar surface area (TPSA) is 55.4 Å². The molecule has 0 amide bonds. The monoisotopic (exact) mass is 247 g/mol. The number of ether oxygens (including phenoxy) is 1. The highest BCUT2D eigenvalue weighted by Gasteiger charge is 2.46. The van der Waals surface area contributed by atoms with Crippen LogP contribution in [0.15, 0.2) is 0 Å². The number of hydrogen-bond acceptors (Lipinski definition) is 3. The van der Waals surface area contributed by atoms with E-state index in [0.29, 0.717) is 0 Å². The van der Waals surface area contributed by atoms with Crippen LogP contribution in [0.1, 0.15) is 12.8 Å². The fourth-order valence-electron chi connectivity index (χ4n) is 1.44. The molecule has 8 heteroatoms. The van der Waals surface area contributed by atoms with Crippen molar-refractivity contribution >= 4 is 10.0 Å². The van der Waals surface area contributed by atoms with Gasteiger partial charge in [0.15, 0.2) is 6.10 Å². The third-order valence-electron chi connectivity index (χ3n) is 2.32. The summed E-state index contributed by atoms with van der Waals surface area (Å²) in [5, 5.41) is -1.03. The molecule has 0 radical (unpaired) electrons. The maximum absolute atomic E-state index is 12.3. The zero-order chi connectivity index (χ0) is 11.7. The number of nitrogens with one attached hydrogen (secondary N) is 1. The molecule has 0 saturated carbocycles. The Balaban J connectivity index is 2.73. The average molecular weight is 247 g/mol. The summed E-state index contributed by atoms with van der Waals surface area (Å²) >= 11 is 0. The lowest BCUT2D eigenvalue weighted by molar-refractivity contribution is -0.229. The highest BCUT2D eigenvalue weighted by atomic mass is 32.2. The first kappa shape index (κ1) is 12.7. The van der Waals surface area contributed by atoms with Crippen molar-refractivity contribution in [1.82, 2.24) is 4.72 Å². The van der Waals surface area contributed by atoms with Gasteiger partial charge in [0.05, 0.1) is 5.25 Å².